The summed E-state index contributed by atoms with van der Waals surface area (Å²) in [4.78, 5) is 11.6. The first-order valence-corrected chi connectivity index (χ1v) is 10.4. The van der Waals surface area contributed by atoms with Gasteiger partial charge in [0.25, 0.3) is 0 Å². The lowest BCUT2D eigenvalue weighted by Crippen LogP contribution is -2.49. The average Bonchev–Trinajstić information content (AvgIpc) is 3.04. The van der Waals surface area contributed by atoms with E-state index in [2.05, 4.69) is 20.8 Å². The first kappa shape index (κ1) is 20.8. The second kappa shape index (κ2) is 10.6. The Hall–Kier alpha value is -1.55. The molecule has 0 unspecified atom stereocenters. The maximum atomic E-state index is 11.6. The number of quaternary nitrogens is 1. The molecule has 0 N–H and O–H groups in total. The van der Waals surface area contributed by atoms with Crippen LogP contribution in [0.5, 0.6) is 11.5 Å². The number of carbonyl (C=O) groups is 1. The largest absolute Gasteiger partial charge is 0.493 e. The van der Waals surface area contributed by atoms with Crippen molar-refractivity contribution in [1.29, 1.82) is 0 Å². The molecule has 0 saturated carbocycles. The number of hydrogen-bond donors (Lipinski definition) is 0. The monoisotopic (exact) mass is 362 g/mol. The maximum absolute atomic E-state index is 11.6. The van der Waals surface area contributed by atoms with Gasteiger partial charge in [0.1, 0.15) is 11.5 Å². The van der Waals surface area contributed by atoms with Crippen LogP contribution in [0.1, 0.15) is 69.7 Å². The number of carbonyl (C=O) groups excluding carboxylic acids is 1. The summed E-state index contributed by atoms with van der Waals surface area (Å²) in [5, 5.41) is 0. The fourth-order valence-corrected chi connectivity index (χ4v) is 3.77. The molecular formula is C22H36NO3+. The molecule has 0 bridgehead atoms. The summed E-state index contributed by atoms with van der Waals surface area (Å²) < 4.78 is 12.5. The fourth-order valence-electron chi connectivity index (χ4n) is 3.77. The Balaban J connectivity index is 1.74. The second-order valence-corrected chi connectivity index (χ2v) is 7.41. The molecule has 0 saturated heterocycles. The predicted octanol–water partition coefficient (Wildman–Crippen LogP) is 4.86. The van der Waals surface area contributed by atoms with E-state index in [9.17, 15) is 4.79 Å². The third kappa shape index (κ3) is 5.73. The van der Waals surface area contributed by atoms with Crippen molar-refractivity contribution in [2.24, 2.45) is 0 Å². The lowest BCUT2D eigenvalue weighted by Gasteiger charge is -2.37. The van der Waals surface area contributed by atoms with E-state index in [0.717, 1.165) is 12.2 Å². The Morgan fingerprint density at radius 2 is 1.73 bits per heavy atom. The second-order valence-electron chi connectivity index (χ2n) is 7.41. The minimum Gasteiger partial charge on any atom is -0.493 e. The molecule has 146 valence electrons. The van der Waals surface area contributed by atoms with Crippen molar-refractivity contribution in [3.05, 3.63) is 23.8 Å². The Labute approximate surface area is 159 Å². The topological polar surface area (TPSA) is 35.5 Å². The minimum absolute atomic E-state index is 0.0541. The van der Waals surface area contributed by atoms with Gasteiger partial charge < -0.3 is 14.0 Å². The molecule has 1 aliphatic rings. The first-order valence-electron chi connectivity index (χ1n) is 10.4. The number of nitrogens with zero attached hydrogens (tertiary/aromatic N) is 1. The number of ketones is 1. The first-order chi connectivity index (χ1) is 12.6. The minimum atomic E-state index is 0.0541. The lowest BCUT2D eigenvalue weighted by molar-refractivity contribution is -0.925. The van der Waals surface area contributed by atoms with Crippen LogP contribution >= 0.6 is 0 Å². The molecule has 0 spiro atoms. The average molecular weight is 363 g/mol. The van der Waals surface area contributed by atoms with Crippen molar-refractivity contribution in [3.63, 3.8) is 0 Å². The van der Waals surface area contributed by atoms with Gasteiger partial charge in [-0.2, -0.15) is 0 Å². The SMILES string of the molecule is CCCCCCC[N+](CC)(CC)CCCOc1ccc2c(c1)OCC2=O. The van der Waals surface area contributed by atoms with Gasteiger partial charge in [0.2, 0.25) is 5.78 Å². The van der Waals surface area contributed by atoms with E-state index in [-0.39, 0.29) is 12.4 Å². The zero-order chi connectivity index (χ0) is 18.8. The predicted molar refractivity (Wildman–Crippen MR) is 106 cm³/mol. The highest BCUT2D eigenvalue weighted by Gasteiger charge is 2.23. The van der Waals surface area contributed by atoms with Crippen LogP contribution in [0.15, 0.2) is 18.2 Å². The molecular weight excluding hydrogens is 326 g/mol. The lowest BCUT2D eigenvalue weighted by atomic mass is 10.1. The van der Waals surface area contributed by atoms with Crippen LogP contribution in [0.2, 0.25) is 0 Å². The van der Waals surface area contributed by atoms with Crippen LogP contribution in [0.25, 0.3) is 0 Å². The van der Waals surface area contributed by atoms with Crippen molar-refractivity contribution in [1.82, 2.24) is 0 Å². The number of rotatable bonds is 13. The van der Waals surface area contributed by atoms with Crippen LogP contribution in [0.3, 0.4) is 0 Å². The van der Waals surface area contributed by atoms with Gasteiger partial charge in [-0.15, -0.1) is 0 Å². The van der Waals surface area contributed by atoms with Gasteiger partial charge in [0.15, 0.2) is 6.61 Å². The van der Waals surface area contributed by atoms with Crippen LogP contribution in [0, 0.1) is 0 Å². The Morgan fingerprint density at radius 3 is 2.46 bits per heavy atom. The van der Waals surface area contributed by atoms with E-state index in [0.29, 0.717) is 17.9 Å². The number of ether oxygens (including phenoxy) is 2. The van der Waals surface area contributed by atoms with E-state index < -0.39 is 0 Å². The standard InChI is InChI=1S/C22H36NO3/c1-4-7-8-9-10-14-23(5-2,6-3)15-11-16-25-19-12-13-20-21(24)18-26-22(20)17-19/h12-13,17H,4-11,14-16,18H2,1-3H3/q+1. The van der Waals surface area contributed by atoms with Crippen molar-refractivity contribution in [2.45, 2.75) is 59.3 Å². The van der Waals surface area contributed by atoms with Gasteiger partial charge in [0, 0.05) is 12.5 Å². The molecule has 4 nitrogen and oxygen atoms in total. The Bertz CT molecular complexity index is 567. The molecule has 0 amide bonds. The maximum Gasteiger partial charge on any atom is 0.203 e. The van der Waals surface area contributed by atoms with E-state index in [1.54, 1.807) is 0 Å². The summed E-state index contributed by atoms with van der Waals surface area (Å²) >= 11 is 0. The van der Waals surface area contributed by atoms with Crippen molar-refractivity contribution < 1.29 is 18.8 Å². The van der Waals surface area contributed by atoms with E-state index >= 15 is 0 Å². The number of hydrogen-bond acceptors (Lipinski definition) is 3. The molecule has 0 fully saturated rings. The molecule has 0 atom stereocenters. The quantitative estimate of drug-likeness (QED) is 0.371. The molecule has 4 heteroatoms. The number of unbranched alkanes of at least 4 members (excludes halogenated alkanes) is 4. The summed E-state index contributed by atoms with van der Waals surface area (Å²) in [7, 11) is 0. The molecule has 0 aromatic heterocycles. The van der Waals surface area contributed by atoms with Gasteiger partial charge in [-0.05, 0) is 38.8 Å². The van der Waals surface area contributed by atoms with Gasteiger partial charge in [0.05, 0.1) is 38.3 Å². The highest BCUT2D eigenvalue weighted by atomic mass is 16.5. The highest BCUT2D eigenvalue weighted by molar-refractivity contribution is 6.02. The summed E-state index contributed by atoms with van der Waals surface area (Å²) in [6, 6.07) is 5.53. The molecule has 1 aromatic carbocycles. The zero-order valence-corrected chi connectivity index (χ0v) is 16.9. The van der Waals surface area contributed by atoms with Crippen molar-refractivity contribution in [2.75, 3.05) is 39.4 Å². The van der Waals surface area contributed by atoms with Crippen LogP contribution in [0.4, 0.5) is 0 Å². The van der Waals surface area contributed by atoms with Gasteiger partial charge in [-0.25, -0.2) is 0 Å². The molecule has 1 heterocycles. The summed E-state index contributed by atoms with van der Waals surface area (Å²) in [5.74, 6) is 1.51. The smallest absolute Gasteiger partial charge is 0.203 e. The van der Waals surface area contributed by atoms with Gasteiger partial charge in [-0.1, -0.05) is 26.2 Å². The van der Waals surface area contributed by atoms with Crippen LogP contribution in [-0.2, 0) is 0 Å². The summed E-state index contributed by atoms with van der Waals surface area (Å²) in [5.41, 5.74) is 0.674. The third-order valence-electron chi connectivity index (χ3n) is 5.74. The number of Topliss-reactive ketones (excluding diaryl/α,β-unsaturated/α-hetero) is 1. The number of fused-ring (bicyclic) bond motifs is 1. The molecule has 26 heavy (non-hydrogen) atoms. The van der Waals surface area contributed by atoms with Gasteiger partial charge >= 0.3 is 0 Å². The van der Waals surface area contributed by atoms with Gasteiger partial charge in [-0.3, -0.25) is 4.79 Å². The molecule has 1 aliphatic heterocycles. The van der Waals surface area contributed by atoms with E-state index in [1.165, 1.54) is 62.8 Å². The Morgan fingerprint density at radius 1 is 1.00 bits per heavy atom. The molecule has 0 radical (unpaired) electrons. The number of benzene rings is 1. The molecule has 2 rings (SSSR count). The summed E-state index contributed by atoms with van der Waals surface area (Å²) in [6.07, 6.45) is 7.78. The van der Waals surface area contributed by atoms with Crippen LogP contribution in [-0.4, -0.2) is 49.7 Å². The highest BCUT2D eigenvalue weighted by Crippen LogP contribution is 2.29. The normalized spacial score (nSPS) is 13.6. The molecule has 1 aromatic rings. The Kier molecular flexibility index (Phi) is 8.43. The summed E-state index contributed by atoms with van der Waals surface area (Å²) in [6.45, 7) is 12.6. The van der Waals surface area contributed by atoms with E-state index in [1.807, 2.05) is 18.2 Å². The molecule has 0 aliphatic carbocycles. The van der Waals surface area contributed by atoms with Crippen molar-refractivity contribution in [3.8, 4) is 11.5 Å². The van der Waals surface area contributed by atoms with Crippen molar-refractivity contribution >= 4 is 5.78 Å². The zero-order valence-electron chi connectivity index (χ0n) is 16.9. The van der Waals surface area contributed by atoms with E-state index in [4.69, 9.17) is 9.47 Å². The third-order valence-corrected chi connectivity index (χ3v) is 5.74. The fraction of sp³-hybridized carbons (Fsp3) is 0.682. The van der Waals surface area contributed by atoms with Crippen LogP contribution < -0.4 is 9.47 Å².